The van der Waals surface area contributed by atoms with Crippen molar-refractivity contribution < 1.29 is 9.59 Å². The molecule has 7 nitrogen and oxygen atoms in total. The molecule has 5 aromatic rings. The third-order valence-corrected chi connectivity index (χ3v) is 5.37. The van der Waals surface area contributed by atoms with Crippen molar-refractivity contribution in [3.8, 4) is 11.3 Å². The average Bonchev–Trinajstić information content (AvgIpc) is 2.90. The summed E-state index contributed by atoms with van der Waals surface area (Å²) in [6, 6.07) is 28.8. The molecule has 3 aromatic carbocycles. The van der Waals surface area contributed by atoms with Gasteiger partial charge < -0.3 is 16.0 Å². The maximum absolute atomic E-state index is 13.2. The average molecular weight is 460 g/mol. The highest BCUT2D eigenvalue weighted by Gasteiger charge is 2.14. The van der Waals surface area contributed by atoms with Crippen LogP contribution in [-0.4, -0.2) is 21.9 Å². The largest absolute Gasteiger partial charge is 0.323 e. The number of urea groups is 1. The first kappa shape index (κ1) is 21.8. The van der Waals surface area contributed by atoms with Gasteiger partial charge in [0.2, 0.25) is 0 Å². The maximum atomic E-state index is 13.2. The van der Waals surface area contributed by atoms with Crippen LogP contribution in [0.5, 0.6) is 0 Å². The molecule has 0 unspecified atom stereocenters. The fraction of sp³-hybridized carbons (Fsp3) is 0. The lowest BCUT2D eigenvalue weighted by Gasteiger charge is -2.12. The van der Waals surface area contributed by atoms with Crippen LogP contribution < -0.4 is 16.0 Å². The minimum absolute atomic E-state index is 0.249. The second-order valence-electron chi connectivity index (χ2n) is 7.78. The van der Waals surface area contributed by atoms with Crippen LogP contribution in [0.25, 0.3) is 22.2 Å². The van der Waals surface area contributed by atoms with Gasteiger partial charge in [-0.1, -0.05) is 36.4 Å². The Balaban J connectivity index is 1.33. The monoisotopic (exact) mass is 459 g/mol. The van der Waals surface area contributed by atoms with Gasteiger partial charge in [-0.15, -0.1) is 0 Å². The molecule has 35 heavy (non-hydrogen) atoms. The number of pyridine rings is 2. The number of fused-ring (bicyclic) bond motifs is 1. The predicted molar refractivity (Wildman–Crippen MR) is 138 cm³/mol. The number of nitrogens with one attached hydrogen (secondary N) is 3. The molecule has 0 radical (unpaired) electrons. The van der Waals surface area contributed by atoms with Crippen molar-refractivity contribution in [2.24, 2.45) is 0 Å². The van der Waals surface area contributed by atoms with E-state index in [1.54, 1.807) is 54.9 Å². The number of anilines is 3. The molecular formula is C28H21N5O2. The lowest BCUT2D eigenvalue weighted by atomic mass is 10.0. The van der Waals surface area contributed by atoms with E-state index < -0.39 is 0 Å². The highest BCUT2D eigenvalue weighted by Crippen LogP contribution is 2.25. The van der Waals surface area contributed by atoms with E-state index in [2.05, 4.69) is 20.9 Å². The summed E-state index contributed by atoms with van der Waals surface area (Å²) in [5.41, 5.74) is 4.73. The summed E-state index contributed by atoms with van der Waals surface area (Å²) in [4.78, 5) is 34.2. The Bertz CT molecular complexity index is 1490. The molecule has 0 saturated heterocycles. The minimum Gasteiger partial charge on any atom is -0.322 e. The van der Waals surface area contributed by atoms with Gasteiger partial charge in [-0.3, -0.25) is 9.78 Å². The fourth-order valence-corrected chi connectivity index (χ4v) is 3.68. The van der Waals surface area contributed by atoms with Crippen molar-refractivity contribution in [2.45, 2.75) is 0 Å². The number of para-hydroxylation sites is 2. The molecule has 0 bridgehead atoms. The molecule has 2 aromatic heterocycles. The van der Waals surface area contributed by atoms with Crippen molar-refractivity contribution in [1.82, 2.24) is 9.97 Å². The van der Waals surface area contributed by atoms with Gasteiger partial charge in [-0.2, -0.15) is 0 Å². The fourth-order valence-electron chi connectivity index (χ4n) is 3.68. The lowest BCUT2D eigenvalue weighted by Crippen LogP contribution is -2.19. The first-order valence-corrected chi connectivity index (χ1v) is 11.0. The minimum atomic E-state index is -0.347. The number of aromatic nitrogens is 2. The molecule has 7 heteroatoms. The third-order valence-electron chi connectivity index (χ3n) is 5.37. The topological polar surface area (TPSA) is 96.0 Å². The summed E-state index contributed by atoms with van der Waals surface area (Å²) in [5.74, 6) is -0.249. The number of rotatable bonds is 5. The molecule has 0 spiro atoms. The Morgan fingerprint density at radius 3 is 1.94 bits per heavy atom. The smallest absolute Gasteiger partial charge is 0.322 e. The molecule has 0 atom stereocenters. The van der Waals surface area contributed by atoms with Crippen LogP contribution in [0.2, 0.25) is 0 Å². The zero-order chi connectivity index (χ0) is 24.0. The van der Waals surface area contributed by atoms with E-state index in [-0.39, 0.29) is 11.9 Å². The Kier molecular flexibility index (Phi) is 6.13. The summed E-state index contributed by atoms with van der Waals surface area (Å²) in [6.07, 6.45) is 3.39. The number of nitrogens with zero attached hydrogens (tertiary/aromatic N) is 2. The van der Waals surface area contributed by atoms with E-state index in [9.17, 15) is 9.59 Å². The van der Waals surface area contributed by atoms with E-state index in [0.29, 0.717) is 28.3 Å². The molecule has 5 rings (SSSR count). The molecule has 0 aliphatic heterocycles. The van der Waals surface area contributed by atoms with Gasteiger partial charge in [-0.05, 0) is 60.7 Å². The number of amides is 3. The second kappa shape index (κ2) is 9.84. The Labute approximate surface area is 201 Å². The Morgan fingerprint density at radius 1 is 0.629 bits per heavy atom. The number of carbonyl (C=O) groups excluding carboxylic acids is 2. The summed E-state index contributed by atoms with van der Waals surface area (Å²) in [6.45, 7) is 0. The van der Waals surface area contributed by atoms with Gasteiger partial charge in [0, 0.05) is 40.4 Å². The highest BCUT2D eigenvalue weighted by atomic mass is 16.2. The van der Waals surface area contributed by atoms with Gasteiger partial charge in [0.1, 0.15) is 0 Å². The number of carbonyl (C=O) groups is 2. The Morgan fingerprint density at radius 2 is 1.23 bits per heavy atom. The van der Waals surface area contributed by atoms with E-state index in [1.807, 2.05) is 54.6 Å². The quantitative estimate of drug-likeness (QED) is 0.292. The lowest BCUT2D eigenvalue weighted by molar-refractivity contribution is 0.102. The van der Waals surface area contributed by atoms with E-state index >= 15 is 0 Å². The van der Waals surface area contributed by atoms with Crippen LogP contribution in [-0.2, 0) is 0 Å². The summed E-state index contributed by atoms with van der Waals surface area (Å²) in [5, 5.41) is 9.25. The number of hydrogen-bond donors (Lipinski definition) is 3. The molecule has 170 valence electrons. The van der Waals surface area contributed by atoms with Crippen LogP contribution >= 0.6 is 0 Å². The van der Waals surface area contributed by atoms with E-state index in [0.717, 1.165) is 16.5 Å². The van der Waals surface area contributed by atoms with Gasteiger partial charge in [0.25, 0.3) is 5.91 Å². The highest BCUT2D eigenvalue weighted by molar-refractivity contribution is 6.13. The van der Waals surface area contributed by atoms with Crippen LogP contribution in [0.3, 0.4) is 0 Å². The van der Waals surface area contributed by atoms with Crippen molar-refractivity contribution in [2.75, 3.05) is 16.0 Å². The molecule has 0 fully saturated rings. The maximum Gasteiger partial charge on any atom is 0.323 e. The van der Waals surface area contributed by atoms with Crippen LogP contribution in [0.1, 0.15) is 10.4 Å². The molecule has 3 amide bonds. The standard InChI is InChI=1S/C28H21N5O2/c34-27(24-18-26(19-14-16-29-17-15-19)33-25-9-5-4-8-23(24)25)30-21-10-12-22(13-11-21)32-28(35)31-20-6-2-1-3-7-20/h1-18H,(H,30,34)(H2,31,32,35). The normalized spacial score (nSPS) is 10.5. The molecule has 2 heterocycles. The van der Waals surface area contributed by atoms with Gasteiger partial charge in [0.05, 0.1) is 16.8 Å². The SMILES string of the molecule is O=C(Nc1ccccc1)Nc1ccc(NC(=O)c2cc(-c3ccncc3)nc3ccccc23)cc1. The zero-order valence-electron chi connectivity index (χ0n) is 18.6. The van der Waals surface area contributed by atoms with Gasteiger partial charge >= 0.3 is 6.03 Å². The molecule has 0 saturated carbocycles. The van der Waals surface area contributed by atoms with Crippen LogP contribution in [0.15, 0.2) is 109 Å². The molecule has 0 aliphatic rings. The van der Waals surface area contributed by atoms with E-state index in [1.165, 1.54) is 0 Å². The number of hydrogen-bond acceptors (Lipinski definition) is 4. The molecule has 0 aliphatic carbocycles. The van der Waals surface area contributed by atoms with Gasteiger partial charge in [-0.25, -0.2) is 9.78 Å². The number of benzene rings is 3. The van der Waals surface area contributed by atoms with Crippen molar-refractivity contribution in [1.29, 1.82) is 0 Å². The van der Waals surface area contributed by atoms with Crippen LogP contribution in [0, 0.1) is 0 Å². The van der Waals surface area contributed by atoms with Gasteiger partial charge in [0.15, 0.2) is 0 Å². The molecular weight excluding hydrogens is 438 g/mol. The van der Waals surface area contributed by atoms with Crippen molar-refractivity contribution >= 4 is 39.9 Å². The van der Waals surface area contributed by atoms with Crippen LogP contribution in [0.4, 0.5) is 21.9 Å². The zero-order valence-corrected chi connectivity index (χ0v) is 18.6. The van der Waals surface area contributed by atoms with E-state index in [4.69, 9.17) is 4.98 Å². The Hall–Kier alpha value is -5.04. The summed E-state index contributed by atoms with van der Waals surface area (Å²) < 4.78 is 0. The van der Waals surface area contributed by atoms with Crippen molar-refractivity contribution in [3.63, 3.8) is 0 Å². The third kappa shape index (κ3) is 5.15. The van der Waals surface area contributed by atoms with Crippen molar-refractivity contribution in [3.05, 3.63) is 115 Å². The first-order chi connectivity index (χ1) is 17.2. The summed E-state index contributed by atoms with van der Waals surface area (Å²) in [7, 11) is 0. The molecule has 3 N–H and O–H groups in total. The summed E-state index contributed by atoms with van der Waals surface area (Å²) >= 11 is 0. The first-order valence-electron chi connectivity index (χ1n) is 11.0. The predicted octanol–water partition coefficient (Wildman–Crippen LogP) is 6.19. The second-order valence-corrected chi connectivity index (χ2v) is 7.78.